The second-order valence-electron chi connectivity index (χ2n) is 6.17. The summed E-state index contributed by atoms with van der Waals surface area (Å²) >= 11 is 0. The average Bonchev–Trinajstić information content (AvgIpc) is 3.04. The van der Waals surface area contributed by atoms with Crippen LogP contribution in [-0.2, 0) is 24.8 Å². The number of aromatic nitrogens is 2. The molecule has 3 rings (SSSR count). The number of nitrogens with zero attached hydrogens (tertiary/aromatic N) is 3. The van der Waals surface area contributed by atoms with E-state index in [-0.39, 0.29) is 6.04 Å². The molecule has 1 aromatic heterocycles. The minimum absolute atomic E-state index is 0.303. The largest absolute Gasteiger partial charge is 0.480 e. The van der Waals surface area contributed by atoms with E-state index in [1.54, 1.807) is 0 Å². The first kappa shape index (κ1) is 13.6. The smallest absolute Gasteiger partial charge is 0.321 e. The number of carbonyl (C=O) groups is 1. The molecule has 3 atom stereocenters. The van der Waals surface area contributed by atoms with E-state index in [0.717, 1.165) is 30.8 Å². The molecule has 5 heteroatoms. The molecule has 0 radical (unpaired) electrons. The first-order valence-electron chi connectivity index (χ1n) is 7.58. The molecule has 1 aliphatic carbocycles. The fourth-order valence-electron chi connectivity index (χ4n) is 4.00. The van der Waals surface area contributed by atoms with Crippen LogP contribution in [0.15, 0.2) is 6.07 Å². The Labute approximate surface area is 119 Å². The lowest BCUT2D eigenvalue weighted by Crippen LogP contribution is -2.39. The predicted molar refractivity (Wildman–Crippen MR) is 75.3 cm³/mol. The van der Waals surface area contributed by atoms with Crippen LogP contribution in [-0.4, -0.2) is 38.3 Å². The number of aryl methyl sites for hydroxylation is 2. The number of carboxylic acids is 1. The molecule has 1 aromatic rings. The molecule has 1 N–H and O–H groups in total. The molecule has 2 fully saturated rings. The summed E-state index contributed by atoms with van der Waals surface area (Å²) in [5.41, 5.74) is 2.20. The number of rotatable bonds is 4. The predicted octanol–water partition coefficient (Wildman–Crippen LogP) is 1.67. The van der Waals surface area contributed by atoms with Gasteiger partial charge in [-0.25, -0.2) is 0 Å². The number of aliphatic carboxylic acids is 1. The van der Waals surface area contributed by atoms with Gasteiger partial charge in [-0.05, 0) is 37.2 Å². The fourth-order valence-corrected chi connectivity index (χ4v) is 4.00. The summed E-state index contributed by atoms with van der Waals surface area (Å²) in [6.07, 6.45) is 4.38. The van der Waals surface area contributed by atoms with Gasteiger partial charge >= 0.3 is 5.97 Å². The van der Waals surface area contributed by atoms with Gasteiger partial charge in [0.2, 0.25) is 0 Å². The summed E-state index contributed by atoms with van der Waals surface area (Å²) in [5.74, 6) is 0.277. The zero-order valence-corrected chi connectivity index (χ0v) is 12.2. The van der Waals surface area contributed by atoms with Gasteiger partial charge in [-0.2, -0.15) is 5.10 Å². The van der Waals surface area contributed by atoms with Crippen LogP contribution < -0.4 is 0 Å². The molecule has 1 saturated heterocycles. The van der Waals surface area contributed by atoms with Gasteiger partial charge in [0.05, 0.1) is 11.4 Å². The van der Waals surface area contributed by atoms with E-state index in [1.807, 2.05) is 11.7 Å². The summed E-state index contributed by atoms with van der Waals surface area (Å²) in [4.78, 5) is 13.8. The summed E-state index contributed by atoms with van der Waals surface area (Å²) in [6.45, 7) is 3.72. The maximum atomic E-state index is 11.6. The third-order valence-corrected chi connectivity index (χ3v) is 4.99. The Balaban J connectivity index is 1.79. The van der Waals surface area contributed by atoms with Gasteiger partial charge in [0, 0.05) is 20.1 Å². The molecule has 0 bridgehead atoms. The van der Waals surface area contributed by atoms with Gasteiger partial charge in [0.1, 0.15) is 6.04 Å². The Kier molecular flexibility index (Phi) is 3.54. The molecule has 110 valence electrons. The molecular weight excluding hydrogens is 254 g/mol. The molecule has 2 aliphatic rings. The second-order valence-corrected chi connectivity index (χ2v) is 6.17. The number of hydrogen-bond acceptors (Lipinski definition) is 3. The van der Waals surface area contributed by atoms with Crippen molar-refractivity contribution in [2.45, 2.75) is 45.2 Å². The zero-order chi connectivity index (χ0) is 14.3. The molecule has 20 heavy (non-hydrogen) atoms. The highest BCUT2D eigenvalue weighted by Gasteiger charge is 2.47. The first-order chi connectivity index (χ1) is 9.60. The minimum Gasteiger partial charge on any atom is -0.480 e. The number of carboxylic acid groups (broad SMARTS) is 1. The number of fused-ring (bicyclic) bond motifs is 1. The van der Waals surface area contributed by atoms with Crippen molar-refractivity contribution in [2.75, 3.05) is 6.54 Å². The Morgan fingerprint density at radius 3 is 2.95 bits per heavy atom. The van der Waals surface area contributed by atoms with E-state index in [9.17, 15) is 9.90 Å². The summed E-state index contributed by atoms with van der Waals surface area (Å²) < 4.78 is 1.89. The second kappa shape index (κ2) is 5.20. The standard InChI is InChI=1S/C15H23N3O2/c1-3-11-7-12(17(2)16-11)9-18-8-10-5-4-6-13(10)14(18)15(19)20/h7,10,13-14H,3-6,8-9H2,1-2H3,(H,19,20). The third-order valence-electron chi connectivity index (χ3n) is 4.99. The van der Waals surface area contributed by atoms with Crippen LogP contribution in [0.1, 0.15) is 37.6 Å². The van der Waals surface area contributed by atoms with Crippen molar-refractivity contribution < 1.29 is 9.90 Å². The van der Waals surface area contributed by atoms with Crippen molar-refractivity contribution in [3.8, 4) is 0 Å². The highest BCUT2D eigenvalue weighted by molar-refractivity contribution is 5.74. The van der Waals surface area contributed by atoms with Crippen LogP contribution in [0.2, 0.25) is 0 Å². The highest BCUT2D eigenvalue weighted by Crippen LogP contribution is 2.42. The van der Waals surface area contributed by atoms with Gasteiger partial charge in [0.25, 0.3) is 0 Å². The Morgan fingerprint density at radius 1 is 1.50 bits per heavy atom. The van der Waals surface area contributed by atoms with Gasteiger partial charge in [0.15, 0.2) is 0 Å². The van der Waals surface area contributed by atoms with E-state index in [2.05, 4.69) is 23.0 Å². The molecule has 0 amide bonds. The fraction of sp³-hybridized carbons (Fsp3) is 0.733. The van der Waals surface area contributed by atoms with Crippen molar-refractivity contribution in [3.05, 3.63) is 17.5 Å². The van der Waals surface area contributed by atoms with Crippen molar-refractivity contribution in [1.82, 2.24) is 14.7 Å². The minimum atomic E-state index is -0.655. The molecule has 0 aromatic carbocycles. The third kappa shape index (κ3) is 2.24. The monoisotopic (exact) mass is 277 g/mol. The van der Waals surface area contributed by atoms with Crippen LogP contribution in [0.25, 0.3) is 0 Å². The van der Waals surface area contributed by atoms with E-state index in [1.165, 1.54) is 12.8 Å². The van der Waals surface area contributed by atoms with E-state index >= 15 is 0 Å². The average molecular weight is 277 g/mol. The Morgan fingerprint density at radius 2 is 2.30 bits per heavy atom. The van der Waals surface area contributed by atoms with E-state index < -0.39 is 5.97 Å². The summed E-state index contributed by atoms with van der Waals surface area (Å²) in [5, 5.41) is 14.0. The van der Waals surface area contributed by atoms with Crippen LogP contribution >= 0.6 is 0 Å². The highest BCUT2D eigenvalue weighted by atomic mass is 16.4. The van der Waals surface area contributed by atoms with E-state index in [4.69, 9.17) is 0 Å². The van der Waals surface area contributed by atoms with Crippen molar-refractivity contribution in [2.24, 2.45) is 18.9 Å². The SMILES string of the molecule is CCc1cc(CN2CC3CCCC3C2C(=O)O)n(C)n1. The number of likely N-dealkylation sites (tertiary alicyclic amines) is 1. The molecule has 2 heterocycles. The van der Waals surface area contributed by atoms with Crippen LogP contribution in [0.4, 0.5) is 0 Å². The Hall–Kier alpha value is -1.36. The maximum absolute atomic E-state index is 11.6. The quantitative estimate of drug-likeness (QED) is 0.909. The summed E-state index contributed by atoms with van der Waals surface area (Å²) in [7, 11) is 1.95. The zero-order valence-electron chi connectivity index (χ0n) is 12.2. The topological polar surface area (TPSA) is 58.4 Å². The van der Waals surface area contributed by atoms with E-state index in [0.29, 0.717) is 18.4 Å². The van der Waals surface area contributed by atoms with Crippen molar-refractivity contribution in [3.63, 3.8) is 0 Å². The number of hydrogen-bond donors (Lipinski definition) is 1. The molecule has 3 unspecified atom stereocenters. The van der Waals surface area contributed by atoms with Crippen LogP contribution in [0, 0.1) is 11.8 Å². The van der Waals surface area contributed by atoms with Gasteiger partial charge in [-0.3, -0.25) is 14.4 Å². The van der Waals surface area contributed by atoms with Crippen molar-refractivity contribution in [1.29, 1.82) is 0 Å². The first-order valence-corrected chi connectivity index (χ1v) is 7.58. The summed E-state index contributed by atoms with van der Waals surface area (Å²) in [6, 6.07) is 1.80. The van der Waals surface area contributed by atoms with Crippen LogP contribution in [0.5, 0.6) is 0 Å². The van der Waals surface area contributed by atoms with Gasteiger partial charge in [-0.15, -0.1) is 0 Å². The Bertz CT molecular complexity index is 511. The van der Waals surface area contributed by atoms with Gasteiger partial charge in [-0.1, -0.05) is 13.3 Å². The van der Waals surface area contributed by atoms with Crippen molar-refractivity contribution >= 4 is 5.97 Å². The lowest BCUT2D eigenvalue weighted by Gasteiger charge is -2.23. The molecular formula is C15H23N3O2. The molecule has 1 saturated carbocycles. The van der Waals surface area contributed by atoms with Crippen LogP contribution in [0.3, 0.4) is 0 Å². The van der Waals surface area contributed by atoms with Gasteiger partial charge < -0.3 is 5.11 Å². The molecule has 0 spiro atoms. The maximum Gasteiger partial charge on any atom is 0.321 e. The lowest BCUT2D eigenvalue weighted by molar-refractivity contribution is -0.143. The molecule has 1 aliphatic heterocycles. The normalized spacial score (nSPS) is 29.8. The molecule has 5 nitrogen and oxygen atoms in total. The lowest BCUT2D eigenvalue weighted by atomic mass is 9.94.